The van der Waals surface area contributed by atoms with Crippen LogP contribution in [0.4, 0.5) is 4.79 Å². The zero-order valence-corrected chi connectivity index (χ0v) is 12.0. The van der Waals surface area contributed by atoms with Crippen molar-refractivity contribution < 1.29 is 14.7 Å². The zero-order valence-electron chi connectivity index (χ0n) is 12.0. The highest BCUT2D eigenvalue weighted by molar-refractivity contribution is 5.82. The van der Waals surface area contributed by atoms with Crippen LogP contribution in [-0.4, -0.2) is 29.7 Å². The predicted octanol–water partition coefficient (Wildman–Crippen LogP) is 2.17. The molecular formula is C16H22N2O3. The van der Waals surface area contributed by atoms with Crippen molar-refractivity contribution >= 4 is 12.0 Å². The Kier molecular flexibility index (Phi) is 5.60. The minimum absolute atomic E-state index is 0.285. The van der Waals surface area contributed by atoms with Crippen molar-refractivity contribution in [2.75, 3.05) is 6.54 Å². The third kappa shape index (κ3) is 5.10. The lowest BCUT2D eigenvalue weighted by Crippen LogP contribution is -2.47. The summed E-state index contributed by atoms with van der Waals surface area (Å²) in [4.78, 5) is 23.1. The van der Waals surface area contributed by atoms with E-state index in [0.29, 0.717) is 12.5 Å². The fraction of sp³-hybridized carbons (Fsp3) is 0.500. The van der Waals surface area contributed by atoms with Crippen LogP contribution in [-0.2, 0) is 11.2 Å². The van der Waals surface area contributed by atoms with Gasteiger partial charge in [-0.2, -0.15) is 0 Å². The average Bonchev–Trinajstić information content (AvgIpc) is 2.99. The van der Waals surface area contributed by atoms with Gasteiger partial charge < -0.3 is 15.7 Å². The molecule has 0 aromatic heterocycles. The summed E-state index contributed by atoms with van der Waals surface area (Å²) in [7, 11) is 0. The van der Waals surface area contributed by atoms with Crippen LogP contribution in [0, 0.1) is 5.92 Å². The molecule has 2 amide bonds. The van der Waals surface area contributed by atoms with Gasteiger partial charge in [0, 0.05) is 13.0 Å². The fourth-order valence-electron chi connectivity index (χ4n) is 2.71. The van der Waals surface area contributed by atoms with E-state index in [0.717, 1.165) is 18.4 Å². The molecule has 0 spiro atoms. The SMILES string of the molecule is O=C(NCC1CCCC1)N[C@H](Cc1ccccc1)C(=O)O. The van der Waals surface area contributed by atoms with Crippen LogP contribution in [0.15, 0.2) is 30.3 Å². The van der Waals surface area contributed by atoms with Gasteiger partial charge in [0.15, 0.2) is 0 Å². The summed E-state index contributed by atoms with van der Waals surface area (Å²) in [5.41, 5.74) is 0.890. The maximum atomic E-state index is 11.8. The molecule has 0 unspecified atom stereocenters. The second-order valence-electron chi connectivity index (χ2n) is 5.59. The van der Waals surface area contributed by atoms with Gasteiger partial charge in [0.1, 0.15) is 6.04 Å². The lowest BCUT2D eigenvalue weighted by atomic mass is 10.1. The fourth-order valence-corrected chi connectivity index (χ4v) is 2.71. The lowest BCUT2D eigenvalue weighted by molar-refractivity contribution is -0.139. The van der Waals surface area contributed by atoms with Crippen LogP contribution >= 0.6 is 0 Å². The van der Waals surface area contributed by atoms with E-state index in [4.69, 9.17) is 0 Å². The molecule has 0 saturated heterocycles. The first-order valence-electron chi connectivity index (χ1n) is 7.46. The van der Waals surface area contributed by atoms with Gasteiger partial charge in [0.05, 0.1) is 0 Å². The summed E-state index contributed by atoms with van der Waals surface area (Å²) in [5, 5.41) is 14.5. The lowest BCUT2D eigenvalue weighted by Gasteiger charge is -2.16. The van der Waals surface area contributed by atoms with Crippen molar-refractivity contribution in [1.82, 2.24) is 10.6 Å². The molecule has 0 aliphatic heterocycles. The van der Waals surface area contributed by atoms with Crippen molar-refractivity contribution in [2.24, 2.45) is 5.92 Å². The van der Waals surface area contributed by atoms with Crippen molar-refractivity contribution in [3.05, 3.63) is 35.9 Å². The minimum atomic E-state index is -1.02. The predicted molar refractivity (Wildman–Crippen MR) is 80.1 cm³/mol. The molecule has 114 valence electrons. The number of carbonyl (C=O) groups excluding carboxylic acids is 1. The Morgan fingerprint density at radius 2 is 1.86 bits per heavy atom. The summed E-state index contributed by atoms with van der Waals surface area (Å²) in [5.74, 6) is -0.483. The second-order valence-corrected chi connectivity index (χ2v) is 5.59. The first kappa shape index (κ1) is 15.4. The van der Waals surface area contributed by atoms with Crippen LogP contribution in [0.5, 0.6) is 0 Å². The highest BCUT2D eigenvalue weighted by Crippen LogP contribution is 2.23. The smallest absolute Gasteiger partial charge is 0.326 e. The second kappa shape index (κ2) is 7.67. The Hall–Kier alpha value is -2.04. The molecule has 2 rings (SSSR count). The van der Waals surface area contributed by atoms with Crippen LogP contribution < -0.4 is 10.6 Å². The number of carboxylic acids is 1. The molecule has 0 radical (unpaired) electrons. The number of nitrogens with one attached hydrogen (secondary N) is 2. The Bertz CT molecular complexity index is 470. The van der Waals surface area contributed by atoms with Gasteiger partial charge in [-0.1, -0.05) is 43.2 Å². The molecule has 1 fully saturated rings. The first-order chi connectivity index (χ1) is 10.1. The maximum Gasteiger partial charge on any atom is 0.326 e. The van der Waals surface area contributed by atoms with E-state index in [1.807, 2.05) is 30.3 Å². The van der Waals surface area contributed by atoms with Gasteiger partial charge in [0.25, 0.3) is 0 Å². The highest BCUT2D eigenvalue weighted by atomic mass is 16.4. The number of benzene rings is 1. The molecule has 3 N–H and O–H groups in total. The van der Waals surface area contributed by atoms with Crippen LogP contribution in [0.2, 0.25) is 0 Å². The number of hydrogen-bond acceptors (Lipinski definition) is 2. The van der Waals surface area contributed by atoms with E-state index in [2.05, 4.69) is 10.6 Å². The van der Waals surface area contributed by atoms with Gasteiger partial charge in [0.2, 0.25) is 0 Å². The Morgan fingerprint density at radius 1 is 1.19 bits per heavy atom. The summed E-state index contributed by atoms with van der Waals surface area (Å²) in [6.07, 6.45) is 5.02. The summed E-state index contributed by atoms with van der Waals surface area (Å²) >= 11 is 0. The number of carboxylic acid groups (broad SMARTS) is 1. The summed E-state index contributed by atoms with van der Waals surface area (Å²) < 4.78 is 0. The number of hydrogen-bond donors (Lipinski definition) is 3. The Labute approximate surface area is 124 Å². The molecule has 5 heteroatoms. The van der Waals surface area contributed by atoms with E-state index in [-0.39, 0.29) is 6.42 Å². The van der Waals surface area contributed by atoms with Gasteiger partial charge in [-0.05, 0) is 24.3 Å². The third-order valence-corrected chi connectivity index (χ3v) is 3.91. The standard InChI is InChI=1S/C16H22N2O3/c19-15(20)14(10-12-6-2-1-3-7-12)18-16(21)17-11-13-8-4-5-9-13/h1-3,6-7,13-14H,4-5,8-11H2,(H,19,20)(H2,17,18,21)/t14-/m1/s1. The van der Waals surface area contributed by atoms with Gasteiger partial charge in [-0.3, -0.25) is 0 Å². The Morgan fingerprint density at radius 3 is 2.48 bits per heavy atom. The van der Waals surface area contributed by atoms with Gasteiger partial charge in [-0.25, -0.2) is 9.59 Å². The third-order valence-electron chi connectivity index (χ3n) is 3.91. The summed E-state index contributed by atoms with van der Waals surface area (Å²) in [6.45, 7) is 0.628. The quantitative estimate of drug-likeness (QED) is 0.751. The topological polar surface area (TPSA) is 78.4 Å². The van der Waals surface area contributed by atoms with Crippen LogP contribution in [0.3, 0.4) is 0 Å². The largest absolute Gasteiger partial charge is 0.480 e. The molecule has 1 saturated carbocycles. The number of aliphatic carboxylic acids is 1. The van der Waals surface area contributed by atoms with E-state index < -0.39 is 18.0 Å². The molecule has 5 nitrogen and oxygen atoms in total. The van der Waals surface area contributed by atoms with Crippen molar-refractivity contribution in [2.45, 2.75) is 38.1 Å². The number of urea groups is 1. The number of carbonyl (C=O) groups is 2. The molecule has 1 atom stereocenters. The van der Waals surface area contributed by atoms with Crippen molar-refractivity contribution in [3.8, 4) is 0 Å². The number of rotatable bonds is 6. The molecule has 0 heterocycles. The molecule has 1 aliphatic carbocycles. The zero-order chi connectivity index (χ0) is 15.1. The van der Waals surface area contributed by atoms with Crippen LogP contribution in [0.25, 0.3) is 0 Å². The van der Waals surface area contributed by atoms with Gasteiger partial charge in [-0.15, -0.1) is 0 Å². The van der Waals surface area contributed by atoms with Crippen LogP contribution in [0.1, 0.15) is 31.2 Å². The molecule has 1 aromatic rings. The summed E-state index contributed by atoms with van der Waals surface area (Å²) in [6, 6.07) is 7.99. The van der Waals surface area contributed by atoms with E-state index >= 15 is 0 Å². The van der Waals surface area contributed by atoms with Crippen molar-refractivity contribution in [3.63, 3.8) is 0 Å². The molecule has 1 aliphatic rings. The molecule has 0 bridgehead atoms. The molecular weight excluding hydrogens is 268 g/mol. The van der Waals surface area contributed by atoms with E-state index in [9.17, 15) is 14.7 Å². The molecule has 1 aromatic carbocycles. The van der Waals surface area contributed by atoms with Crippen molar-refractivity contribution in [1.29, 1.82) is 0 Å². The Balaban J connectivity index is 1.81. The van der Waals surface area contributed by atoms with E-state index in [1.165, 1.54) is 12.8 Å². The average molecular weight is 290 g/mol. The normalized spacial score (nSPS) is 16.4. The first-order valence-corrected chi connectivity index (χ1v) is 7.46. The minimum Gasteiger partial charge on any atom is -0.480 e. The maximum absolute atomic E-state index is 11.8. The monoisotopic (exact) mass is 290 g/mol. The van der Waals surface area contributed by atoms with Gasteiger partial charge >= 0.3 is 12.0 Å². The molecule has 21 heavy (non-hydrogen) atoms. The number of amides is 2. The van der Waals surface area contributed by atoms with E-state index in [1.54, 1.807) is 0 Å². The highest BCUT2D eigenvalue weighted by Gasteiger charge is 2.21.